The van der Waals surface area contributed by atoms with Crippen molar-refractivity contribution >= 4 is 11.9 Å². The van der Waals surface area contributed by atoms with Crippen molar-refractivity contribution < 1.29 is 19.1 Å². The van der Waals surface area contributed by atoms with Gasteiger partial charge in [0.15, 0.2) is 0 Å². The van der Waals surface area contributed by atoms with Gasteiger partial charge in [-0.15, -0.1) is 0 Å². The minimum Gasteiger partial charge on any atom is -0.466 e. The van der Waals surface area contributed by atoms with E-state index in [1.165, 1.54) is 13.2 Å². The highest BCUT2D eigenvalue weighted by molar-refractivity contribution is 5.87. The maximum atomic E-state index is 10.9. The van der Waals surface area contributed by atoms with E-state index < -0.39 is 5.97 Å². The number of hydrogen-bond acceptors (Lipinski definition) is 4. The van der Waals surface area contributed by atoms with Crippen LogP contribution < -0.4 is 0 Å². The molecule has 0 spiro atoms. The van der Waals surface area contributed by atoms with Crippen molar-refractivity contribution in [3.05, 3.63) is 25.3 Å². The van der Waals surface area contributed by atoms with Crippen LogP contribution in [0.5, 0.6) is 0 Å². The summed E-state index contributed by atoms with van der Waals surface area (Å²) >= 11 is 0. The fourth-order valence-corrected chi connectivity index (χ4v) is 0.996. The van der Waals surface area contributed by atoms with Gasteiger partial charge in [0.05, 0.1) is 20.3 Å². The summed E-state index contributed by atoms with van der Waals surface area (Å²) in [5.41, 5.74) is 0. The van der Waals surface area contributed by atoms with Gasteiger partial charge < -0.3 is 14.4 Å². The lowest BCUT2D eigenvalue weighted by Gasteiger charge is -2.25. The van der Waals surface area contributed by atoms with Gasteiger partial charge in [0.25, 0.3) is 0 Å². The lowest BCUT2D eigenvalue weighted by molar-refractivity contribution is -0.134. The number of nitrogens with zero attached hydrogens (tertiary/aromatic N) is 1. The third kappa shape index (κ3) is 5.98. The monoisotopic (exact) mass is 227 g/mol. The van der Waals surface area contributed by atoms with E-state index in [1.807, 2.05) is 0 Å². The molecule has 0 saturated carbocycles. The number of carbonyl (C=O) groups excluding carboxylic acids is 2. The number of esters is 1. The molecule has 0 aliphatic carbocycles. The smallest absolute Gasteiger partial charge is 0.329 e. The van der Waals surface area contributed by atoms with E-state index in [9.17, 15) is 9.59 Å². The Labute approximate surface area is 95.3 Å². The lowest BCUT2D eigenvalue weighted by Crippen LogP contribution is -2.39. The Morgan fingerprint density at radius 3 is 2.12 bits per heavy atom. The van der Waals surface area contributed by atoms with E-state index in [4.69, 9.17) is 4.74 Å². The SMILES string of the molecule is C=CC(=O)N1CCOCC1.C=CC(=O)OC. The second kappa shape index (κ2) is 8.67. The van der Waals surface area contributed by atoms with E-state index in [0.717, 1.165) is 6.08 Å². The first-order valence-corrected chi connectivity index (χ1v) is 4.85. The van der Waals surface area contributed by atoms with Gasteiger partial charge in [0, 0.05) is 19.2 Å². The molecule has 16 heavy (non-hydrogen) atoms. The summed E-state index contributed by atoms with van der Waals surface area (Å²) in [6.07, 6.45) is 2.45. The second-order valence-electron chi connectivity index (χ2n) is 2.87. The first kappa shape index (κ1) is 14.4. The van der Waals surface area contributed by atoms with Crippen LogP contribution in [0.2, 0.25) is 0 Å². The van der Waals surface area contributed by atoms with Crippen LogP contribution in [-0.2, 0) is 19.1 Å². The largest absolute Gasteiger partial charge is 0.466 e. The lowest BCUT2D eigenvalue weighted by atomic mass is 10.4. The van der Waals surface area contributed by atoms with E-state index >= 15 is 0 Å². The van der Waals surface area contributed by atoms with Crippen LogP contribution in [0.15, 0.2) is 25.3 Å². The summed E-state index contributed by atoms with van der Waals surface area (Å²) in [5, 5.41) is 0. The Balaban J connectivity index is 0.000000325. The molecule has 5 heteroatoms. The molecular weight excluding hydrogens is 210 g/mol. The number of morpholine rings is 1. The van der Waals surface area contributed by atoms with Crippen molar-refractivity contribution in [2.45, 2.75) is 0 Å². The third-order valence-corrected chi connectivity index (χ3v) is 1.87. The molecule has 0 bridgehead atoms. The summed E-state index contributed by atoms with van der Waals surface area (Å²) in [5.74, 6) is -0.390. The number of ether oxygens (including phenoxy) is 2. The zero-order valence-corrected chi connectivity index (χ0v) is 9.48. The molecule has 1 saturated heterocycles. The average molecular weight is 227 g/mol. The highest BCUT2D eigenvalue weighted by Gasteiger charge is 2.12. The van der Waals surface area contributed by atoms with Gasteiger partial charge in [-0.3, -0.25) is 4.79 Å². The molecule has 1 heterocycles. The zero-order valence-electron chi connectivity index (χ0n) is 9.48. The Bertz CT molecular complexity index is 257. The van der Waals surface area contributed by atoms with Crippen molar-refractivity contribution in [3.63, 3.8) is 0 Å². The molecule has 1 aliphatic heterocycles. The van der Waals surface area contributed by atoms with Gasteiger partial charge in [-0.25, -0.2) is 4.79 Å². The number of methoxy groups -OCH3 is 1. The van der Waals surface area contributed by atoms with Crippen molar-refractivity contribution in [2.75, 3.05) is 33.4 Å². The molecule has 90 valence electrons. The normalized spacial score (nSPS) is 14.2. The molecule has 0 radical (unpaired) electrons. The summed E-state index contributed by atoms with van der Waals surface area (Å²) in [6, 6.07) is 0. The molecule has 5 nitrogen and oxygen atoms in total. The summed E-state index contributed by atoms with van der Waals surface area (Å²) in [6.45, 7) is 9.26. The van der Waals surface area contributed by atoms with Crippen LogP contribution in [-0.4, -0.2) is 50.2 Å². The van der Waals surface area contributed by atoms with Crippen molar-refractivity contribution in [1.29, 1.82) is 0 Å². The highest BCUT2D eigenvalue weighted by atomic mass is 16.5. The minimum absolute atomic E-state index is 0.00306. The van der Waals surface area contributed by atoms with Crippen molar-refractivity contribution in [1.82, 2.24) is 4.90 Å². The minimum atomic E-state index is -0.394. The molecule has 0 N–H and O–H groups in total. The maximum Gasteiger partial charge on any atom is 0.329 e. The first-order chi connectivity index (χ1) is 7.65. The number of carbonyl (C=O) groups is 2. The first-order valence-electron chi connectivity index (χ1n) is 4.85. The Morgan fingerprint density at radius 1 is 1.25 bits per heavy atom. The van der Waals surface area contributed by atoms with Gasteiger partial charge >= 0.3 is 5.97 Å². The van der Waals surface area contributed by atoms with E-state index in [-0.39, 0.29) is 5.91 Å². The van der Waals surface area contributed by atoms with Gasteiger partial charge in [-0.05, 0) is 6.08 Å². The van der Waals surface area contributed by atoms with E-state index in [2.05, 4.69) is 17.9 Å². The Kier molecular flexibility index (Phi) is 7.79. The van der Waals surface area contributed by atoms with Crippen molar-refractivity contribution in [3.8, 4) is 0 Å². The average Bonchev–Trinajstić information content (AvgIpc) is 2.38. The second-order valence-corrected chi connectivity index (χ2v) is 2.87. The van der Waals surface area contributed by atoms with Gasteiger partial charge in [0.2, 0.25) is 5.91 Å². The van der Waals surface area contributed by atoms with Crippen LogP contribution in [0.25, 0.3) is 0 Å². The maximum absolute atomic E-state index is 10.9. The molecule has 1 amide bonds. The molecule has 1 aliphatic rings. The standard InChI is InChI=1S/C7H11NO2.C4H6O2/c1-2-7(9)8-3-5-10-6-4-8;1-3-4(5)6-2/h2H,1,3-6H2;3H,1H2,2H3. The predicted molar refractivity (Wildman–Crippen MR) is 59.8 cm³/mol. The van der Waals surface area contributed by atoms with Crippen LogP contribution in [0.1, 0.15) is 0 Å². The van der Waals surface area contributed by atoms with Crippen LogP contribution >= 0.6 is 0 Å². The predicted octanol–water partition coefficient (Wildman–Crippen LogP) is 0.377. The topological polar surface area (TPSA) is 55.8 Å². The van der Waals surface area contributed by atoms with E-state index in [0.29, 0.717) is 26.3 Å². The molecular formula is C11H17NO4. The van der Waals surface area contributed by atoms with Gasteiger partial charge in [-0.2, -0.15) is 0 Å². The quantitative estimate of drug-likeness (QED) is 0.505. The molecule has 0 aromatic heterocycles. The van der Waals surface area contributed by atoms with Gasteiger partial charge in [0.1, 0.15) is 0 Å². The highest BCUT2D eigenvalue weighted by Crippen LogP contribution is 1.96. The zero-order chi connectivity index (χ0) is 12.4. The molecule has 0 unspecified atom stereocenters. The summed E-state index contributed by atoms with van der Waals surface area (Å²) < 4.78 is 9.21. The summed E-state index contributed by atoms with van der Waals surface area (Å²) in [7, 11) is 1.31. The third-order valence-electron chi connectivity index (χ3n) is 1.87. The van der Waals surface area contributed by atoms with Crippen LogP contribution in [0, 0.1) is 0 Å². The molecule has 0 atom stereocenters. The van der Waals surface area contributed by atoms with Gasteiger partial charge in [-0.1, -0.05) is 13.2 Å². The van der Waals surface area contributed by atoms with Crippen LogP contribution in [0.3, 0.4) is 0 Å². The fraction of sp³-hybridized carbons (Fsp3) is 0.455. The molecule has 0 aromatic carbocycles. The van der Waals surface area contributed by atoms with Crippen LogP contribution in [0.4, 0.5) is 0 Å². The van der Waals surface area contributed by atoms with Crippen molar-refractivity contribution in [2.24, 2.45) is 0 Å². The number of hydrogen-bond donors (Lipinski definition) is 0. The Morgan fingerprint density at radius 2 is 1.81 bits per heavy atom. The number of amides is 1. The molecule has 1 rings (SSSR count). The summed E-state index contributed by atoms with van der Waals surface area (Å²) in [4.78, 5) is 22.5. The van der Waals surface area contributed by atoms with E-state index in [1.54, 1.807) is 4.90 Å². The molecule has 1 fully saturated rings. The number of rotatable bonds is 2. The Hall–Kier alpha value is -1.62. The fourth-order valence-electron chi connectivity index (χ4n) is 0.996. The molecule has 0 aromatic rings.